The van der Waals surface area contributed by atoms with Crippen molar-refractivity contribution in [1.29, 1.82) is 0 Å². The molecule has 3 heterocycles. The average molecular weight is 430 g/mol. The van der Waals surface area contributed by atoms with Gasteiger partial charge in [-0.15, -0.1) is 0 Å². The van der Waals surface area contributed by atoms with Crippen LogP contribution in [-0.4, -0.2) is 71.5 Å². The summed E-state index contributed by atoms with van der Waals surface area (Å²) in [5.74, 6) is 0.678. The fraction of sp³-hybridized carbons (Fsp3) is 0.381. The Labute approximate surface area is 179 Å². The van der Waals surface area contributed by atoms with Gasteiger partial charge in [0.15, 0.2) is 0 Å². The van der Waals surface area contributed by atoms with Crippen LogP contribution in [0.3, 0.4) is 0 Å². The molecule has 0 saturated carbocycles. The Balaban J connectivity index is 1.45. The molecule has 0 atom stereocenters. The topological polar surface area (TPSA) is 54.9 Å². The van der Waals surface area contributed by atoms with Crippen LogP contribution in [0.15, 0.2) is 35.2 Å². The molecule has 0 N–H and O–H groups in total. The number of rotatable bonds is 6. The second-order valence-electron chi connectivity index (χ2n) is 6.91. The number of hydrogen-bond acceptors (Lipinski definition) is 7. The number of benzene rings is 1. The number of thioether (sulfide) groups is 1. The van der Waals surface area contributed by atoms with Gasteiger partial charge in [0.1, 0.15) is 15.6 Å². The lowest BCUT2D eigenvalue weighted by atomic mass is 10.2. The van der Waals surface area contributed by atoms with Gasteiger partial charge in [0, 0.05) is 31.6 Å². The average Bonchev–Trinajstić information content (AvgIpc) is 3.01. The van der Waals surface area contributed by atoms with Crippen molar-refractivity contribution < 1.29 is 14.3 Å². The van der Waals surface area contributed by atoms with Crippen molar-refractivity contribution in [3.8, 4) is 5.75 Å². The van der Waals surface area contributed by atoms with Crippen LogP contribution in [0.2, 0.25) is 0 Å². The molecular weight excluding hydrogens is 406 g/mol. The fourth-order valence-electron chi connectivity index (χ4n) is 3.48. The number of nitrogens with zero attached hydrogens (tertiary/aromatic N) is 3. The highest BCUT2D eigenvalue weighted by atomic mass is 32.2. The van der Waals surface area contributed by atoms with Crippen LogP contribution in [0.5, 0.6) is 5.75 Å². The molecule has 2 aliphatic heterocycles. The van der Waals surface area contributed by atoms with Gasteiger partial charge in [-0.3, -0.25) is 14.6 Å². The van der Waals surface area contributed by atoms with Crippen molar-refractivity contribution >= 4 is 51.2 Å². The first-order valence-electron chi connectivity index (χ1n) is 9.65. The van der Waals surface area contributed by atoms with E-state index in [1.165, 1.54) is 11.8 Å². The summed E-state index contributed by atoms with van der Waals surface area (Å²) in [6.45, 7) is 5.06. The van der Waals surface area contributed by atoms with E-state index in [2.05, 4.69) is 9.88 Å². The predicted molar refractivity (Wildman–Crippen MR) is 120 cm³/mol. The molecule has 2 fully saturated rings. The lowest BCUT2D eigenvalue weighted by Gasteiger charge is -2.27. The lowest BCUT2D eigenvalue weighted by Crippen LogP contribution is -2.38. The molecule has 1 aromatic heterocycles. The fourth-order valence-corrected chi connectivity index (χ4v) is 4.78. The van der Waals surface area contributed by atoms with Crippen LogP contribution >= 0.6 is 24.0 Å². The molecule has 2 aliphatic rings. The first kappa shape index (κ1) is 20.3. The maximum Gasteiger partial charge on any atom is 0.266 e. The molecule has 0 unspecified atom stereocenters. The molecule has 0 bridgehead atoms. The SMILES string of the molecule is COc1cccc2ccc(/C=C3/SC(=S)N(CCCN4CCOCC4)C3=O)nc12. The highest BCUT2D eigenvalue weighted by molar-refractivity contribution is 8.26. The van der Waals surface area contributed by atoms with Crippen molar-refractivity contribution in [3.63, 3.8) is 0 Å². The number of thiocarbonyl (C=S) groups is 1. The largest absolute Gasteiger partial charge is 0.494 e. The van der Waals surface area contributed by atoms with Crippen LogP contribution in [0.25, 0.3) is 17.0 Å². The molecular formula is C21H23N3O3S2. The Bertz CT molecular complexity index is 957. The van der Waals surface area contributed by atoms with Gasteiger partial charge in [0.25, 0.3) is 5.91 Å². The van der Waals surface area contributed by atoms with Crippen LogP contribution < -0.4 is 4.74 Å². The van der Waals surface area contributed by atoms with Crippen molar-refractivity contribution in [3.05, 3.63) is 40.9 Å². The summed E-state index contributed by atoms with van der Waals surface area (Å²) < 4.78 is 11.4. The minimum atomic E-state index is -0.0381. The Kier molecular flexibility index (Phi) is 6.44. The molecule has 1 aromatic carbocycles. The van der Waals surface area contributed by atoms with Gasteiger partial charge < -0.3 is 9.47 Å². The van der Waals surface area contributed by atoms with Crippen molar-refractivity contribution in [2.75, 3.05) is 46.5 Å². The maximum atomic E-state index is 12.9. The van der Waals surface area contributed by atoms with Gasteiger partial charge in [-0.05, 0) is 24.6 Å². The van der Waals surface area contributed by atoms with E-state index in [0.29, 0.717) is 21.5 Å². The van der Waals surface area contributed by atoms with Gasteiger partial charge in [-0.25, -0.2) is 4.98 Å². The Hall–Kier alpha value is -2.00. The Morgan fingerprint density at radius 3 is 2.86 bits per heavy atom. The lowest BCUT2D eigenvalue weighted by molar-refractivity contribution is -0.122. The highest BCUT2D eigenvalue weighted by Gasteiger charge is 2.31. The monoisotopic (exact) mass is 429 g/mol. The van der Waals surface area contributed by atoms with E-state index >= 15 is 0 Å². The minimum absolute atomic E-state index is 0.0381. The third kappa shape index (κ3) is 4.61. The van der Waals surface area contributed by atoms with E-state index in [1.807, 2.05) is 36.4 Å². The number of amides is 1. The van der Waals surface area contributed by atoms with Crippen molar-refractivity contribution in [2.24, 2.45) is 0 Å². The number of hydrogen-bond donors (Lipinski definition) is 0. The number of morpholine rings is 1. The highest BCUT2D eigenvalue weighted by Crippen LogP contribution is 2.33. The minimum Gasteiger partial charge on any atom is -0.494 e. The van der Waals surface area contributed by atoms with E-state index in [0.717, 1.165) is 55.9 Å². The molecule has 2 aromatic rings. The number of fused-ring (bicyclic) bond motifs is 1. The number of methoxy groups -OCH3 is 1. The van der Waals surface area contributed by atoms with Crippen LogP contribution in [0.4, 0.5) is 0 Å². The Morgan fingerprint density at radius 1 is 1.24 bits per heavy atom. The van der Waals surface area contributed by atoms with Crippen molar-refractivity contribution in [1.82, 2.24) is 14.8 Å². The summed E-state index contributed by atoms with van der Waals surface area (Å²) in [4.78, 5) is 22.2. The van der Waals surface area contributed by atoms with Gasteiger partial charge >= 0.3 is 0 Å². The molecule has 8 heteroatoms. The van der Waals surface area contributed by atoms with Gasteiger partial charge in [-0.2, -0.15) is 0 Å². The Morgan fingerprint density at radius 2 is 2.07 bits per heavy atom. The summed E-state index contributed by atoms with van der Waals surface area (Å²) in [7, 11) is 1.63. The maximum absolute atomic E-state index is 12.9. The third-order valence-corrected chi connectivity index (χ3v) is 6.41. The number of para-hydroxylation sites is 1. The summed E-state index contributed by atoms with van der Waals surface area (Å²) in [5.41, 5.74) is 1.50. The first-order valence-corrected chi connectivity index (χ1v) is 10.9. The summed E-state index contributed by atoms with van der Waals surface area (Å²) >= 11 is 6.79. The summed E-state index contributed by atoms with van der Waals surface area (Å²) in [6, 6.07) is 9.70. The zero-order valence-electron chi connectivity index (χ0n) is 16.3. The zero-order valence-corrected chi connectivity index (χ0v) is 17.9. The summed E-state index contributed by atoms with van der Waals surface area (Å²) in [6.07, 6.45) is 2.71. The van der Waals surface area contributed by atoms with Crippen LogP contribution in [-0.2, 0) is 9.53 Å². The molecule has 6 nitrogen and oxygen atoms in total. The van der Waals surface area contributed by atoms with Crippen molar-refractivity contribution in [2.45, 2.75) is 6.42 Å². The second-order valence-corrected chi connectivity index (χ2v) is 8.58. The van der Waals surface area contributed by atoms with Crippen LogP contribution in [0, 0.1) is 0 Å². The zero-order chi connectivity index (χ0) is 20.2. The van der Waals surface area contributed by atoms with Gasteiger partial charge in [0.2, 0.25) is 0 Å². The molecule has 4 rings (SSSR count). The number of aromatic nitrogens is 1. The standard InChI is InChI=1S/C21H23N3O3S2/c1-26-17-5-2-4-15-6-7-16(22-19(15)17)14-18-20(25)24(21(28)29-18)9-3-8-23-10-12-27-13-11-23/h2,4-7,14H,3,8-13H2,1H3/b18-14+. The molecule has 0 spiro atoms. The molecule has 152 valence electrons. The number of ether oxygens (including phenoxy) is 2. The van der Waals surface area contributed by atoms with E-state index in [-0.39, 0.29) is 5.91 Å². The third-order valence-electron chi connectivity index (χ3n) is 5.04. The molecule has 2 saturated heterocycles. The number of carbonyl (C=O) groups excluding carboxylic acids is 1. The quantitative estimate of drug-likeness (QED) is 0.516. The normalized spacial score (nSPS) is 19.5. The van der Waals surface area contributed by atoms with E-state index in [4.69, 9.17) is 21.7 Å². The molecule has 0 aliphatic carbocycles. The molecule has 29 heavy (non-hydrogen) atoms. The van der Waals surface area contributed by atoms with E-state index in [1.54, 1.807) is 12.0 Å². The summed E-state index contributed by atoms with van der Waals surface area (Å²) in [5, 5.41) is 0.997. The van der Waals surface area contributed by atoms with E-state index in [9.17, 15) is 4.79 Å². The van der Waals surface area contributed by atoms with E-state index < -0.39 is 0 Å². The second kappa shape index (κ2) is 9.21. The number of pyridine rings is 1. The molecule has 1 amide bonds. The molecule has 0 radical (unpaired) electrons. The van der Waals surface area contributed by atoms with Gasteiger partial charge in [-0.1, -0.05) is 42.2 Å². The first-order chi connectivity index (χ1) is 14.2. The van der Waals surface area contributed by atoms with Crippen LogP contribution in [0.1, 0.15) is 12.1 Å². The number of carbonyl (C=O) groups is 1. The smallest absolute Gasteiger partial charge is 0.266 e. The van der Waals surface area contributed by atoms with Gasteiger partial charge in [0.05, 0.1) is 30.9 Å². The predicted octanol–water partition coefficient (Wildman–Crippen LogP) is 3.17.